The standard InChI is InChI=1S/C11H17N3O4/c1-7(3-2-4-10(16)17)12-11(18)8-5-6-9(15)14-13-8/h7H,2-6H2,1H3,(H,12,18)(H,14,15)(H,16,17). The van der Waals surface area contributed by atoms with Crippen LogP contribution >= 0.6 is 0 Å². The van der Waals surface area contributed by atoms with Gasteiger partial charge in [-0.1, -0.05) is 0 Å². The topological polar surface area (TPSA) is 108 Å². The Morgan fingerprint density at radius 3 is 2.78 bits per heavy atom. The van der Waals surface area contributed by atoms with Gasteiger partial charge in [-0.15, -0.1) is 0 Å². The minimum absolute atomic E-state index is 0.0945. The maximum atomic E-state index is 11.7. The number of hydrogen-bond donors (Lipinski definition) is 3. The van der Waals surface area contributed by atoms with Crippen molar-refractivity contribution in [2.75, 3.05) is 0 Å². The molecule has 100 valence electrons. The van der Waals surface area contributed by atoms with E-state index in [1.807, 2.05) is 6.92 Å². The molecule has 1 unspecified atom stereocenters. The Kier molecular flexibility index (Phi) is 5.29. The van der Waals surface area contributed by atoms with Gasteiger partial charge in [0.2, 0.25) is 5.91 Å². The van der Waals surface area contributed by atoms with Crippen LogP contribution in [0.3, 0.4) is 0 Å². The molecule has 1 aliphatic rings. The summed E-state index contributed by atoms with van der Waals surface area (Å²) in [6.45, 7) is 1.81. The van der Waals surface area contributed by atoms with Gasteiger partial charge in [0.15, 0.2) is 0 Å². The summed E-state index contributed by atoms with van der Waals surface area (Å²) in [5.41, 5.74) is 2.56. The summed E-state index contributed by atoms with van der Waals surface area (Å²) < 4.78 is 0. The fourth-order valence-corrected chi connectivity index (χ4v) is 1.58. The number of nitrogens with one attached hydrogen (secondary N) is 2. The minimum Gasteiger partial charge on any atom is -0.481 e. The van der Waals surface area contributed by atoms with Gasteiger partial charge in [-0.3, -0.25) is 14.4 Å². The Morgan fingerprint density at radius 2 is 2.22 bits per heavy atom. The quantitative estimate of drug-likeness (QED) is 0.621. The molecule has 7 nitrogen and oxygen atoms in total. The molecule has 0 aliphatic carbocycles. The summed E-state index contributed by atoms with van der Waals surface area (Å²) >= 11 is 0. The lowest BCUT2D eigenvalue weighted by Crippen LogP contribution is -2.40. The van der Waals surface area contributed by atoms with Crippen LogP contribution in [-0.2, 0) is 14.4 Å². The first-order valence-electron chi connectivity index (χ1n) is 5.87. The van der Waals surface area contributed by atoms with Crippen LogP contribution in [0.4, 0.5) is 0 Å². The number of carboxylic acid groups (broad SMARTS) is 1. The van der Waals surface area contributed by atoms with Gasteiger partial charge >= 0.3 is 5.97 Å². The molecule has 1 atom stereocenters. The molecule has 0 fully saturated rings. The Hall–Kier alpha value is -1.92. The summed E-state index contributed by atoms with van der Waals surface area (Å²) in [7, 11) is 0. The van der Waals surface area contributed by atoms with E-state index in [4.69, 9.17) is 5.11 Å². The molecule has 2 amide bonds. The highest BCUT2D eigenvalue weighted by molar-refractivity contribution is 6.39. The molecule has 0 aromatic carbocycles. The summed E-state index contributed by atoms with van der Waals surface area (Å²) in [5.74, 6) is -1.34. The summed E-state index contributed by atoms with van der Waals surface area (Å²) in [6, 6.07) is -0.114. The lowest BCUT2D eigenvalue weighted by Gasteiger charge is -2.16. The van der Waals surface area contributed by atoms with E-state index in [1.54, 1.807) is 0 Å². The summed E-state index contributed by atoms with van der Waals surface area (Å²) in [6.07, 6.45) is 1.80. The molecule has 0 aromatic heterocycles. The SMILES string of the molecule is CC(CCCC(=O)O)NC(=O)C1=NNC(=O)CC1. The molecule has 0 aromatic rings. The number of carbonyl (C=O) groups excluding carboxylic acids is 2. The van der Waals surface area contributed by atoms with Crippen LogP contribution in [0, 0.1) is 0 Å². The van der Waals surface area contributed by atoms with E-state index in [1.165, 1.54) is 0 Å². The average Bonchev–Trinajstić information content (AvgIpc) is 2.29. The van der Waals surface area contributed by atoms with E-state index in [-0.39, 0.29) is 30.7 Å². The highest BCUT2D eigenvalue weighted by Gasteiger charge is 2.19. The predicted molar refractivity (Wildman–Crippen MR) is 63.9 cm³/mol. The maximum Gasteiger partial charge on any atom is 0.303 e. The molecule has 1 heterocycles. The molecule has 0 spiro atoms. The first-order valence-corrected chi connectivity index (χ1v) is 5.87. The second-order valence-corrected chi connectivity index (χ2v) is 4.25. The van der Waals surface area contributed by atoms with Gasteiger partial charge in [-0.05, 0) is 19.8 Å². The van der Waals surface area contributed by atoms with Crippen molar-refractivity contribution in [2.24, 2.45) is 5.10 Å². The molecular formula is C11H17N3O4. The van der Waals surface area contributed by atoms with E-state index >= 15 is 0 Å². The van der Waals surface area contributed by atoms with Crippen molar-refractivity contribution in [1.82, 2.24) is 10.7 Å². The third kappa shape index (κ3) is 4.94. The molecule has 1 rings (SSSR count). The number of aliphatic carboxylic acids is 1. The molecule has 0 radical (unpaired) electrons. The second-order valence-electron chi connectivity index (χ2n) is 4.25. The zero-order valence-electron chi connectivity index (χ0n) is 10.2. The monoisotopic (exact) mass is 255 g/mol. The van der Waals surface area contributed by atoms with E-state index in [0.29, 0.717) is 25.0 Å². The number of carbonyl (C=O) groups is 3. The third-order valence-corrected chi connectivity index (χ3v) is 2.57. The van der Waals surface area contributed by atoms with Crippen LogP contribution in [0.25, 0.3) is 0 Å². The number of hydrazone groups is 1. The highest BCUT2D eigenvalue weighted by atomic mass is 16.4. The largest absolute Gasteiger partial charge is 0.481 e. The van der Waals surface area contributed by atoms with Crippen LogP contribution in [0.2, 0.25) is 0 Å². The Labute approximate surface area is 105 Å². The smallest absolute Gasteiger partial charge is 0.303 e. The van der Waals surface area contributed by atoms with E-state index in [9.17, 15) is 14.4 Å². The van der Waals surface area contributed by atoms with Crippen LogP contribution in [0.15, 0.2) is 5.10 Å². The van der Waals surface area contributed by atoms with Crippen LogP contribution < -0.4 is 10.7 Å². The average molecular weight is 255 g/mol. The molecule has 0 saturated carbocycles. The number of nitrogens with zero attached hydrogens (tertiary/aromatic N) is 1. The fraction of sp³-hybridized carbons (Fsp3) is 0.636. The van der Waals surface area contributed by atoms with Crippen LogP contribution in [0.5, 0.6) is 0 Å². The molecule has 1 aliphatic heterocycles. The maximum absolute atomic E-state index is 11.7. The van der Waals surface area contributed by atoms with Gasteiger partial charge in [0, 0.05) is 25.3 Å². The van der Waals surface area contributed by atoms with Gasteiger partial charge in [0.25, 0.3) is 5.91 Å². The number of rotatable bonds is 6. The Balaban J connectivity index is 2.31. The van der Waals surface area contributed by atoms with Crippen molar-refractivity contribution >= 4 is 23.5 Å². The van der Waals surface area contributed by atoms with Crippen molar-refractivity contribution in [3.8, 4) is 0 Å². The number of hydrogen-bond acceptors (Lipinski definition) is 4. The van der Waals surface area contributed by atoms with Crippen LogP contribution in [0.1, 0.15) is 39.0 Å². The van der Waals surface area contributed by atoms with Crippen molar-refractivity contribution in [1.29, 1.82) is 0 Å². The van der Waals surface area contributed by atoms with Crippen molar-refractivity contribution < 1.29 is 19.5 Å². The number of carboxylic acids is 1. The predicted octanol–water partition coefficient (Wildman–Crippen LogP) is 0.0120. The molecular weight excluding hydrogens is 238 g/mol. The Morgan fingerprint density at radius 1 is 1.50 bits per heavy atom. The third-order valence-electron chi connectivity index (χ3n) is 2.57. The molecule has 18 heavy (non-hydrogen) atoms. The molecule has 7 heteroatoms. The van der Waals surface area contributed by atoms with E-state index in [0.717, 1.165) is 0 Å². The van der Waals surface area contributed by atoms with E-state index in [2.05, 4.69) is 15.8 Å². The molecule has 0 saturated heterocycles. The lowest BCUT2D eigenvalue weighted by atomic mass is 10.1. The highest BCUT2D eigenvalue weighted by Crippen LogP contribution is 2.03. The van der Waals surface area contributed by atoms with E-state index < -0.39 is 5.97 Å². The second kappa shape index (κ2) is 6.73. The van der Waals surface area contributed by atoms with Gasteiger partial charge in [0.1, 0.15) is 5.71 Å². The molecule has 3 N–H and O–H groups in total. The van der Waals surface area contributed by atoms with Gasteiger partial charge in [-0.25, -0.2) is 5.43 Å². The first kappa shape index (κ1) is 14.1. The Bertz CT molecular complexity index is 378. The van der Waals surface area contributed by atoms with Gasteiger partial charge < -0.3 is 10.4 Å². The van der Waals surface area contributed by atoms with Crippen molar-refractivity contribution in [3.05, 3.63) is 0 Å². The number of amides is 2. The lowest BCUT2D eigenvalue weighted by molar-refractivity contribution is -0.137. The summed E-state index contributed by atoms with van der Waals surface area (Å²) in [4.78, 5) is 32.9. The van der Waals surface area contributed by atoms with Crippen molar-refractivity contribution in [2.45, 2.75) is 45.1 Å². The fourth-order valence-electron chi connectivity index (χ4n) is 1.58. The summed E-state index contributed by atoms with van der Waals surface area (Å²) in [5, 5.41) is 14.9. The van der Waals surface area contributed by atoms with Gasteiger partial charge in [-0.2, -0.15) is 5.10 Å². The van der Waals surface area contributed by atoms with Crippen LogP contribution in [-0.4, -0.2) is 34.6 Å². The molecule has 0 bridgehead atoms. The zero-order valence-corrected chi connectivity index (χ0v) is 10.2. The minimum atomic E-state index is -0.840. The normalized spacial score (nSPS) is 16.5. The van der Waals surface area contributed by atoms with Crippen molar-refractivity contribution in [3.63, 3.8) is 0 Å². The first-order chi connectivity index (χ1) is 8.49. The van der Waals surface area contributed by atoms with Gasteiger partial charge in [0.05, 0.1) is 0 Å². The zero-order chi connectivity index (χ0) is 13.5.